The van der Waals surface area contributed by atoms with Crippen LogP contribution >= 0.6 is 0 Å². The monoisotopic (exact) mass is 220 g/mol. The maximum absolute atomic E-state index is 2.41. The largest absolute Gasteiger partial charge is 0.349 e. The highest BCUT2D eigenvalue weighted by molar-refractivity contribution is 8.00. The highest BCUT2D eigenvalue weighted by Gasteiger charge is 2.41. The highest BCUT2D eigenvalue weighted by Crippen LogP contribution is 2.41. The fraction of sp³-hybridized carbons (Fsp3) is 0.538. The quantitative estimate of drug-likeness (QED) is 0.614. The van der Waals surface area contributed by atoms with Crippen molar-refractivity contribution in [3.05, 3.63) is 35.0 Å². The molecule has 2 heteroatoms. The van der Waals surface area contributed by atoms with Crippen LogP contribution in [0.2, 0.25) is 0 Å². The molecule has 0 bridgehead atoms. The summed E-state index contributed by atoms with van der Waals surface area (Å²) in [5.41, 5.74) is 1.52. The second-order valence-corrected chi connectivity index (χ2v) is 6.83. The van der Waals surface area contributed by atoms with E-state index in [0.717, 1.165) is 5.92 Å². The average Bonchev–Trinajstić information content (AvgIpc) is 2.87. The molecule has 0 aromatic heterocycles. The van der Waals surface area contributed by atoms with E-state index < -0.39 is 0 Å². The third-order valence-corrected chi connectivity index (χ3v) is 6.19. The van der Waals surface area contributed by atoms with Crippen molar-refractivity contribution in [1.82, 2.24) is 4.90 Å². The predicted octanol–water partition coefficient (Wildman–Crippen LogP) is 2.65. The number of allylic oxidation sites excluding steroid dienone is 4. The molecule has 0 amide bonds. The summed E-state index contributed by atoms with van der Waals surface area (Å²) < 4.78 is 0. The molecule has 0 spiro atoms. The molecule has 2 heterocycles. The zero-order valence-electron chi connectivity index (χ0n) is 9.28. The molecule has 2 aliphatic heterocycles. The zero-order valence-corrected chi connectivity index (χ0v) is 10.1. The predicted molar refractivity (Wildman–Crippen MR) is 67.5 cm³/mol. The smallest absolute Gasteiger partial charge is 0.157 e. The van der Waals surface area contributed by atoms with E-state index in [1.165, 1.54) is 36.5 Å². The summed E-state index contributed by atoms with van der Waals surface area (Å²) in [5, 5.41) is 0. The van der Waals surface area contributed by atoms with Crippen LogP contribution in [0.15, 0.2) is 35.0 Å². The van der Waals surface area contributed by atoms with E-state index in [0.29, 0.717) is 10.9 Å². The summed E-state index contributed by atoms with van der Waals surface area (Å²) >= 11 is 0. The topological polar surface area (TPSA) is 3.24 Å². The molecule has 3 aliphatic rings. The minimum Gasteiger partial charge on any atom is -0.349 e. The molecule has 1 atom stereocenters. The lowest BCUT2D eigenvalue weighted by molar-refractivity contribution is 0.534. The zero-order chi connectivity index (χ0) is 10.3. The van der Waals surface area contributed by atoms with Crippen LogP contribution < -0.4 is 0 Å². The molecule has 0 aromatic rings. The number of hydrogen-bond acceptors (Lipinski definition) is 1. The van der Waals surface area contributed by atoms with E-state index in [1.807, 2.05) is 0 Å². The molecule has 1 nitrogen and oxygen atoms in total. The maximum atomic E-state index is 2.41. The number of rotatable bonds is 1. The summed E-state index contributed by atoms with van der Waals surface area (Å²) in [6.45, 7) is 0. The Balaban J connectivity index is 1.87. The molecule has 15 heavy (non-hydrogen) atoms. The van der Waals surface area contributed by atoms with Crippen LogP contribution in [0.1, 0.15) is 19.3 Å². The third kappa shape index (κ3) is 1.55. The van der Waals surface area contributed by atoms with Gasteiger partial charge in [-0.15, -0.1) is 0 Å². The molecule has 1 saturated heterocycles. The second-order valence-electron chi connectivity index (χ2n) is 4.56. The van der Waals surface area contributed by atoms with Gasteiger partial charge in [0.25, 0.3) is 0 Å². The van der Waals surface area contributed by atoms with E-state index in [-0.39, 0.29) is 0 Å². The van der Waals surface area contributed by atoms with E-state index in [9.17, 15) is 0 Å². The van der Waals surface area contributed by atoms with Crippen molar-refractivity contribution < 1.29 is 0 Å². The standard InChI is InChI=1S/C13H18NS/c1-14-10-13(15-8-4-5-9-15)11-6-2-3-7-12(11)14/h2-3,7,10-11H,4-6,8-9H2,1H3/q+1. The van der Waals surface area contributed by atoms with Crippen molar-refractivity contribution in [3.63, 3.8) is 0 Å². The van der Waals surface area contributed by atoms with E-state index in [2.05, 4.69) is 36.4 Å². The highest BCUT2D eigenvalue weighted by atomic mass is 32.2. The van der Waals surface area contributed by atoms with Gasteiger partial charge in [-0.3, -0.25) is 0 Å². The molecule has 80 valence electrons. The summed E-state index contributed by atoms with van der Waals surface area (Å²) in [4.78, 5) is 4.08. The Kier molecular flexibility index (Phi) is 2.39. The van der Waals surface area contributed by atoms with Gasteiger partial charge in [0.2, 0.25) is 0 Å². The Bertz CT molecular complexity index is 348. The first-order valence-corrected chi connectivity index (χ1v) is 7.41. The van der Waals surface area contributed by atoms with Crippen LogP contribution in [0.3, 0.4) is 0 Å². The van der Waals surface area contributed by atoms with Gasteiger partial charge in [0, 0.05) is 23.6 Å². The first kappa shape index (κ1) is 9.59. The number of hydrogen-bond donors (Lipinski definition) is 0. The lowest BCUT2D eigenvalue weighted by Gasteiger charge is -2.18. The van der Waals surface area contributed by atoms with Crippen molar-refractivity contribution in [2.45, 2.75) is 19.3 Å². The fourth-order valence-corrected chi connectivity index (χ4v) is 5.47. The molecule has 0 saturated carbocycles. The van der Waals surface area contributed by atoms with Crippen LogP contribution in [0.4, 0.5) is 0 Å². The van der Waals surface area contributed by atoms with Crippen molar-refractivity contribution in [1.29, 1.82) is 0 Å². The molecule has 0 N–H and O–H groups in total. The van der Waals surface area contributed by atoms with Gasteiger partial charge in [-0.25, -0.2) is 0 Å². The van der Waals surface area contributed by atoms with Gasteiger partial charge in [-0.2, -0.15) is 0 Å². The average molecular weight is 220 g/mol. The number of fused-ring (bicyclic) bond motifs is 1. The second kappa shape index (κ2) is 3.75. The molecular formula is C13H18NS+. The van der Waals surface area contributed by atoms with E-state index in [4.69, 9.17) is 0 Å². The Morgan fingerprint density at radius 1 is 1.33 bits per heavy atom. The first-order valence-electron chi connectivity index (χ1n) is 5.85. The van der Waals surface area contributed by atoms with Crippen molar-refractivity contribution in [2.75, 3.05) is 18.6 Å². The van der Waals surface area contributed by atoms with E-state index in [1.54, 1.807) is 4.91 Å². The van der Waals surface area contributed by atoms with Gasteiger partial charge < -0.3 is 4.90 Å². The minimum atomic E-state index is 0.603. The maximum Gasteiger partial charge on any atom is 0.157 e. The molecule has 1 aliphatic carbocycles. The minimum absolute atomic E-state index is 0.603. The fourth-order valence-electron chi connectivity index (χ4n) is 2.76. The van der Waals surface area contributed by atoms with E-state index >= 15 is 0 Å². The Hall–Kier alpha value is -0.630. The lowest BCUT2D eigenvalue weighted by Crippen LogP contribution is -2.16. The van der Waals surface area contributed by atoms with Crippen molar-refractivity contribution in [2.24, 2.45) is 5.92 Å². The molecule has 1 unspecified atom stereocenters. The molecule has 0 radical (unpaired) electrons. The van der Waals surface area contributed by atoms with Crippen LogP contribution in [-0.2, 0) is 10.9 Å². The Labute approximate surface area is 94.9 Å². The summed E-state index contributed by atoms with van der Waals surface area (Å²) in [5.74, 6) is 3.63. The Morgan fingerprint density at radius 2 is 2.13 bits per heavy atom. The molecule has 3 rings (SSSR count). The van der Waals surface area contributed by atoms with Crippen LogP contribution in [-0.4, -0.2) is 23.5 Å². The van der Waals surface area contributed by atoms with Crippen molar-refractivity contribution in [3.8, 4) is 0 Å². The lowest BCUT2D eigenvalue weighted by atomic mass is 9.99. The van der Waals surface area contributed by atoms with Gasteiger partial charge in [0.15, 0.2) is 4.91 Å². The Morgan fingerprint density at radius 3 is 2.93 bits per heavy atom. The summed E-state index contributed by atoms with van der Waals surface area (Å²) in [6, 6.07) is 0. The third-order valence-electron chi connectivity index (χ3n) is 3.57. The van der Waals surface area contributed by atoms with Crippen LogP contribution in [0.5, 0.6) is 0 Å². The summed E-state index contributed by atoms with van der Waals surface area (Å²) in [7, 11) is 2.80. The van der Waals surface area contributed by atoms with Crippen molar-refractivity contribution >= 4 is 10.9 Å². The normalized spacial score (nSPS) is 30.5. The van der Waals surface area contributed by atoms with Gasteiger partial charge in [-0.1, -0.05) is 12.2 Å². The van der Waals surface area contributed by atoms with Gasteiger partial charge in [-0.05, 0) is 25.3 Å². The van der Waals surface area contributed by atoms with Gasteiger partial charge >= 0.3 is 0 Å². The number of nitrogens with zero attached hydrogens (tertiary/aromatic N) is 1. The SMILES string of the molecule is CN1C=C([S+]2CCCC2)C2CC=CC=C21. The van der Waals surface area contributed by atoms with Gasteiger partial charge in [0.05, 0.1) is 12.1 Å². The molecule has 1 fully saturated rings. The van der Waals surface area contributed by atoms with Gasteiger partial charge in [0.1, 0.15) is 11.5 Å². The van der Waals surface area contributed by atoms with Crippen LogP contribution in [0.25, 0.3) is 0 Å². The first-order chi connectivity index (χ1) is 7.36. The van der Waals surface area contributed by atoms with Crippen LogP contribution in [0, 0.1) is 5.92 Å². The summed E-state index contributed by atoms with van der Waals surface area (Å²) in [6.07, 6.45) is 13.4. The molecule has 0 aromatic carbocycles. The molecular weight excluding hydrogens is 202 g/mol.